The molecule has 0 saturated heterocycles. The van der Waals surface area contributed by atoms with Crippen LogP contribution in [-0.4, -0.2) is 44.4 Å². The minimum Gasteiger partial charge on any atom is -0.374 e. The van der Waals surface area contributed by atoms with Gasteiger partial charge in [-0.25, -0.2) is 0 Å². The SMILES string of the molecule is CCN[C@H](CNCCCN)COC(C)(C)C. The highest BCUT2D eigenvalue weighted by Crippen LogP contribution is 2.06. The lowest BCUT2D eigenvalue weighted by Gasteiger charge is -2.25. The van der Waals surface area contributed by atoms with Crippen LogP contribution in [0.5, 0.6) is 0 Å². The molecule has 4 heteroatoms. The molecular weight excluding hydrogens is 202 g/mol. The molecule has 0 bridgehead atoms. The van der Waals surface area contributed by atoms with Gasteiger partial charge in [0.1, 0.15) is 0 Å². The Morgan fingerprint density at radius 2 is 2.00 bits per heavy atom. The van der Waals surface area contributed by atoms with Crippen LogP contribution in [0.25, 0.3) is 0 Å². The van der Waals surface area contributed by atoms with Crippen molar-refractivity contribution in [1.29, 1.82) is 0 Å². The average molecular weight is 231 g/mol. The molecule has 16 heavy (non-hydrogen) atoms. The van der Waals surface area contributed by atoms with Gasteiger partial charge in [-0.05, 0) is 46.8 Å². The largest absolute Gasteiger partial charge is 0.374 e. The maximum atomic E-state index is 5.77. The van der Waals surface area contributed by atoms with Crippen molar-refractivity contribution < 1.29 is 4.74 Å². The van der Waals surface area contributed by atoms with Gasteiger partial charge in [-0.1, -0.05) is 6.92 Å². The number of nitrogens with one attached hydrogen (secondary N) is 2. The third kappa shape index (κ3) is 10.4. The lowest BCUT2D eigenvalue weighted by molar-refractivity contribution is -0.0140. The monoisotopic (exact) mass is 231 g/mol. The van der Waals surface area contributed by atoms with E-state index < -0.39 is 0 Å². The van der Waals surface area contributed by atoms with Crippen molar-refractivity contribution in [3.05, 3.63) is 0 Å². The highest BCUT2D eigenvalue weighted by Gasteiger charge is 2.14. The smallest absolute Gasteiger partial charge is 0.0639 e. The van der Waals surface area contributed by atoms with Crippen molar-refractivity contribution in [3.8, 4) is 0 Å². The van der Waals surface area contributed by atoms with Crippen LogP contribution in [-0.2, 0) is 4.74 Å². The van der Waals surface area contributed by atoms with Crippen molar-refractivity contribution in [3.63, 3.8) is 0 Å². The summed E-state index contributed by atoms with van der Waals surface area (Å²) in [4.78, 5) is 0. The van der Waals surface area contributed by atoms with Crippen molar-refractivity contribution in [2.45, 2.75) is 45.8 Å². The molecule has 0 aliphatic heterocycles. The van der Waals surface area contributed by atoms with Crippen LogP contribution in [0, 0.1) is 0 Å². The Morgan fingerprint density at radius 1 is 1.31 bits per heavy atom. The molecule has 0 aromatic heterocycles. The Bertz CT molecular complexity index is 157. The molecule has 0 rings (SSSR count). The molecule has 0 aliphatic rings. The van der Waals surface area contributed by atoms with E-state index in [-0.39, 0.29) is 5.60 Å². The van der Waals surface area contributed by atoms with Crippen LogP contribution in [0.1, 0.15) is 34.1 Å². The van der Waals surface area contributed by atoms with Gasteiger partial charge in [0.25, 0.3) is 0 Å². The third-order valence-electron chi connectivity index (χ3n) is 2.16. The fourth-order valence-electron chi connectivity index (χ4n) is 1.33. The first-order valence-electron chi connectivity index (χ1n) is 6.27. The summed E-state index contributed by atoms with van der Waals surface area (Å²) in [5.74, 6) is 0. The Kier molecular flexibility index (Phi) is 8.84. The van der Waals surface area contributed by atoms with Crippen LogP contribution in [0.4, 0.5) is 0 Å². The topological polar surface area (TPSA) is 59.3 Å². The molecule has 0 radical (unpaired) electrons. The molecule has 1 atom stereocenters. The van der Waals surface area contributed by atoms with E-state index in [2.05, 4.69) is 38.3 Å². The predicted molar refractivity (Wildman–Crippen MR) is 69.7 cm³/mol. The van der Waals surface area contributed by atoms with Crippen molar-refractivity contribution >= 4 is 0 Å². The summed E-state index contributed by atoms with van der Waals surface area (Å²) in [6.07, 6.45) is 1.03. The first-order chi connectivity index (χ1) is 7.49. The highest BCUT2D eigenvalue weighted by atomic mass is 16.5. The minimum absolute atomic E-state index is 0.0646. The summed E-state index contributed by atoms with van der Waals surface area (Å²) in [7, 11) is 0. The average Bonchev–Trinajstić information content (AvgIpc) is 2.19. The van der Waals surface area contributed by atoms with Crippen LogP contribution in [0.2, 0.25) is 0 Å². The Balaban J connectivity index is 3.70. The van der Waals surface area contributed by atoms with E-state index in [1.807, 2.05) is 0 Å². The summed E-state index contributed by atoms with van der Waals surface area (Å²) >= 11 is 0. The van der Waals surface area contributed by atoms with E-state index in [0.717, 1.165) is 39.2 Å². The van der Waals surface area contributed by atoms with E-state index in [9.17, 15) is 0 Å². The number of hydrogen-bond donors (Lipinski definition) is 3. The zero-order chi connectivity index (χ0) is 12.4. The maximum absolute atomic E-state index is 5.77. The van der Waals surface area contributed by atoms with Crippen LogP contribution in [0.3, 0.4) is 0 Å². The first kappa shape index (κ1) is 15.8. The number of ether oxygens (including phenoxy) is 1. The molecular formula is C12H29N3O. The summed E-state index contributed by atoms with van der Waals surface area (Å²) < 4.78 is 5.77. The fraction of sp³-hybridized carbons (Fsp3) is 1.00. The summed E-state index contributed by atoms with van der Waals surface area (Å²) in [6.45, 7) is 12.7. The fourth-order valence-corrected chi connectivity index (χ4v) is 1.33. The second-order valence-electron chi connectivity index (χ2n) is 5.02. The minimum atomic E-state index is -0.0646. The lowest BCUT2D eigenvalue weighted by Crippen LogP contribution is -2.44. The zero-order valence-electron chi connectivity index (χ0n) is 11.3. The lowest BCUT2D eigenvalue weighted by atomic mass is 10.2. The Hall–Kier alpha value is -0.160. The number of nitrogens with two attached hydrogens (primary N) is 1. The van der Waals surface area contributed by atoms with Gasteiger partial charge in [-0.3, -0.25) is 0 Å². The molecule has 0 amide bonds. The van der Waals surface area contributed by atoms with Gasteiger partial charge in [0.05, 0.1) is 12.2 Å². The predicted octanol–water partition coefficient (Wildman–Crippen LogP) is 0.718. The van der Waals surface area contributed by atoms with Crippen LogP contribution in [0.15, 0.2) is 0 Å². The van der Waals surface area contributed by atoms with Crippen molar-refractivity contribution in [2.24, 2.45) is 5.73 Å². The van der Waals surface area contributed by atoms with Gasteiger partial charge in [0, 0.05) is 12.6 Å². The second-order valence-corrected chi connectivity index (χ2v) is 5.02. The van der Waals surface area contributed by atoms with E-state index in [0.29, 0.717) is 6.04 Å². The molecule has 98 valence electrons. The highest BCUT2D eigenvalue weighted by molar-refractivity contribution is 4.71. The maximum Gasteiger partial charge on any atom is 0.0639 e. The molecule has 0 aliphatic carbocycles. The Morgan fingerprint density at radius 3 is 2.50 bits per heavy atom. The van der Waals surface area contributed by atoms with E-state index >= 15 is 0 Å². The number of rotatable bonds is 9. The molecule has 0 fully saturated rings. The van der Waals surface area contributed by atoms with Gasteiger partial charge in [-0.2, -0.15) is 0 Å². The molecule has 0 aromatic rings. The van der Waals surface area contributed by atoms with Crippen molar-refractivity contribution in [2.75, 3.05) is 32.8 Å². The van der Waals surface area contributed by atoms with Gasteiger partial charge in [-0.15, -0.1) is 0 Å². The van der Waals surface area contributed by atoms with Crippen molar-refractivity contribution in [1.82, 2.24) is 10.6 Å². The van der Waals surface area contributed by atoms with E-state index in [1.165, 1.54) is 0 Å². The molecule has 0 aromatic carbocycles. The Labute approximate surface area is 100 Å². The molecule has 4 nitrogen and oxygen atoms in total. The molecule has 0 saturated carbocycles. The third-order valence-corrected chi connectivity index (χ3v) is 2.16. The van der Waals surface area contributed by atoms with Crippen LogP contribution < -0.4 is 16.4 Å². The normalized spacial score (nSPS) is 14.1. The summed E-state index contributed by atoms with van der Waals surface area (Å²) in [5.41, 5.74) is 5.37. The first-order valence-corrected chi connectivity index (χ1v) is 6.27. The van der Waals surface area contributed by atoms with Crippen LogP contribution >= 0.6 is 0 Å². The summed E-state index contributed by atoms with van der Waals surface area (Å²) in [5, 5.41) is 6.80. The molecule has 0 heterocycles. The van der Waals surface area contributed by atoms with E-state index in [1.54, 1.807) is 0 Å². The molecule has 0 spiro atoms. The standard InChI is InChI=1S/C12H29N3O/c1-5-15-11(9-14-8-6-7-13)10-16-12(2,3)4/h11,14-15H,5-10,13H2,1-4H3/t11-/m1/s1. The van der Waals surface area contributed by atoms with E-state index in [4.69, 9.17) is 10.5 Å². The van der Waals surface area contributed by atoms with Gasteiger partial charge >= 0.3 is 0 Å². The quantitative estimate of drug-likeness (QED) is 0.512. The zero-order valence-corrected chi connectivity index (χ0v) is 11.3. The molecule has 4 N–H and O–H groups in total. The number of likely N-dealkylation sites (N-methyl/N-ethyl adjacent to an activating group) is 1. The second kappa shape index (κ2) is 8.93. The van der Waals surface area contributed by atoms with Gasteiger partial charge in [0.15, 0.2) is 0 Å². The van der Waals surface area contributed by atoms with Gasteiger partial charge < -0.3 is 21.1 Å². The number of hydrogen-bond acceptors (Lipinski definition) is 4. The van der Waals surface area contributed by atoms with Gasteiger partial charge in [0.2, 0.25) is 0 Å². The molecule has 0 unspecified atom stereocenters. The summed E-state index contributed by atoms with van der Waals surface area (Å²) in [6, 6.07) is 0.377.